The highest BCUT2D eigenvalue weighted by Crippen LogP contribution is 2.22. The third kappa shape index (κ3) is 5.53. The maximum absolute atomic E-state index is 12.5. The second-order valence-corrected chi connectivity index (χ2v) is 7.87. The van der Waals surface area contributed by atoms with Crippen LogP contribution >= 0.6 is 0 Å². The number of nitrogens with one attached hydrogen (secondary N) is 2. The smallest absolute Gasteiger partial charge is 0.253 e. The maximum Gasteiger partial charge on any atom is 0.253 e. The van der Waals surface area contributed by atoms with Gasteiger partial charge in [-0.25, -0.2) is 4.98 Å². The Bertz CT molecular complexity index is 1020. The Labute approximate surface area is 180 Å². The van der Waals surface area contributed by atoms with Gasteiger partial charge in [-0.1, -0.05) is 5.16 Å². The van der Waals surface area contributed by atoms with Crippen molar-refractivity contribution in [3.8, 4) is 0 Å². The molecule has 31 heavy (non-hydrogen) atoms. The van der Waals surface area contributed by atoms with Crippen LogP contribution in [0.3, 0.4) is 0 Å². The van der Waals surface area contributed by atoms with E-state index in [1.807, 2.05) is 12.3 Å². The van der Waals surface area contributed by atoms with Crippen LogP contribution in [0.1, 0.15) is 45.4 Å². The number of carbonyl (C=O) groups is 1. The number of hydrogen-bond acceptors (Lipinski definition) is 8. The molecule has 0 saturated carbocycles. The average Bonchev–Trinajstić information content (AvgIpc) is 3.50. The fourth-order valence-electron chi connectivity index (χ4n) is 3.85. The number of ether oxygens (including phenoxy) is 1. The van der Waals surface area contributed by atoms with Crippen LogP contribution in [0.2, 0.25) is 0 Å². The van der Waals surface area contributed by atoms with E-state index in [2.05, 4.69) is 42.2 Å². The van der Waals surface area contributed by atoms with Gasteiger partial charge < -0.3 is 19.6 Å². The number of aryl methyl sites for hydroxylation is 1. The van der Waals surface area contributed by atoms with Crippen molar-refractivity contribution in [2.24, 2.45) is 5.92 Å². The Morgan fingerprint density at radius 3 is 3.13 bits per heavy atom. The van der Waals surface area contributed by atoms with Crippen molar-refractivity contribution in [2.75, 3.05) is 20.2 Å². The van der Waals surface area contributed by atoms with E-state index in [1.165, 1.54) is 0 Å². The van der Waals surface area contributed by atoms with Crippen LogP contribution in [0.5, 0.6) is 0 Å². The molecular weight excluding hydrogens is 398 g/mol. The minimum Gasteiger partial charge on any atom is -0.377 e. The maximum atomic E-state index is 12.5. The molecule has 0 aromatic carbocycles. The van der Waals surface area contributed by atoms with Gasteiger partial charge in [-0.05, 0) is 43.9 Å². The van der Waals surface area contributed by atoms with E-state index in [9.17, 15) is 4.79 Å². The highest BCUT2D eigenvalue weighted by atomic mass is 16.5. The van der Waals surface area contributed by atoms with Crippen LogP contribution in [0.25, 0.3) is 0 Å². The van der Waals surface area contributed by atoms with Crippen molar-refractivity contribution < 1.29 is 14.1 Å². The predicted octanol–water partition coefficient (Wildman–Crippen LogP) is 1.64. The van der Waals surface area contributed by atoms with Crippen LogP contribution in [-0.2, 0) is 30.9 Å². The fourth-order valence-corrected chi connectivity index (χ4v) is 3.85. The van der Waals surface area contributed by atoms with Crippen molar-refractivity contribution in [1.29, 1.82) is 0 Å². The summed E-state index contributed by atoms with van der Waals surface area (Å²) in [5.41, 5.74) is 3.82. The predicted molar refractivity (Wildman–Crippen MR) is 111 cm³/mol. The van der Waals surface area contributed by atoms with Crippen molar-refractivity contribution >= 4 is 5.91 Å². The molecule has 10 nitrogen and oxygen atoms in total. The molecule has 1 saturated heterocycles. The van der Waals surface area contributed by atoms with E-state index < -0.39 is 0 Å². The zero-order valence-electron chi connectivity index (χ0n) is 17.8. The van der Waals surface area contributed by atoms with E-state index in [0.717, 1.165) is 49.4 Å². The Morgan fingerprint density at radius 2 is 2.32 bits per heavy atom. The van der Waals surface area contributed by atoms with Crippen molar-refractivity contribution in [3.63, 3.8) is 0 Å². The number of carbonyl (C=O) groups excluding carboxylic acids is 1. The fraction of sp³-hybridized carbons (Fsp3) is 0.476. The molecule has 1 amide bonds. The average molecular weight is 425 g/mol. The van der Waals surface area contributed by atoms with Crippen LogP contribution in [0.4, 0.5) is 0 Å². The van der Waals surface area contributed by atoms with Gasteiger partial charge in [0.15, 0.2) is 5.82 Å². The quantitative estimate of drug-likeness (QED) is 0.531. The summed E-state index contributed by atoms with van der Waals surface area (Å²) < 4.78 is 10.0. The van der Waals surface area contributed by atoms with Crippen molar-refractivity contribution in [2.45, 2.75) is 39.5 Å². The zero-order chi connectivity index (χ0) is 21.6. The number of pyridine rings is 1. The molecule has 0 aliphatic carbocycles. The van der Waals surface area contributed by atoms with E-state index >= 15 is 0 Å². The highest BCUT2D eigenvalue weighted by Gasteiger charge is 2.24. The number of H-pyrrole nitrogens is 1. The van der Waals surface area contributed by atoms with Gasteiger partial charge in [-0.3, -0.25) is 14.7 Å². The molecule has 1 unspecified atom stereocenters. The van der Waals surface area contributed by atoms with E-state index in [4.69, 9.17) is 9.26 Å². The molecule has 10 heteroatoms. The number of hydrogen-bond donors (Lipinski definition) is 2. The number of methoxy groups -OCH3 is 1. The largest absolute Gasteiger partial charge is 0.377 e. The first-order valence-corrected chi connectivity index (χ1v) is 10.3. The molecule has 0 radical (unpaired) electrons. The lowest BCUT2D eigenvalue weighted by atomic mass is 9.99. The van der Waals surface area contributed by atoms with E-state index in [0.29, 0.717) is 23.2 Å². The lowest BCUT2D eigenvalue weighted by Gasteiger charge is -2.15. The normalized spacial score (nSPS) is 16.6. The lowest BCUT2D eigenvalue weighted by Crippen LogP contribution is -2.23. The number of amides is 1. The van der Waals surface area contributed by atoms with E-state index in [1.54, 1.807) is 19.6 Å². The molecule has 2 N–H and O–H groups in total. The minimum absolute atomic E-state index is 0.157. The molecule has 4 rings (SSSR count). The second kappa shape index (κ2) is 9.80. The van der Waals surface area contributed by atoms with Gasteiger partial charge in [0, 0.05) is 38.3 Å². The SMILES string of the molecule is COCc1noc(CNC(=O)c2cncc(CC3CCN(Cc4nc[nH]c4C)C3)c2)n1. The summed E-state index contributed by atoms with van der Waals surface area (Å²) >= 11 is 0. The molecule has 1 fully saturated rings. The van der Waals surface area contributed by atoms with Crippen molar-refractivity contribution in [3.05, 3.63) is 59.0 Å². The Hall–Kier alpha value is -3.11. The molecule has 0 spiro atoms. The van der Waals surface area contributed by atoms with Gasteiger partial charge in [0.1, 0.15) is 6.61 Å². The third-order valence-electron chi connectivity index (χ3n) is 5.44. The Morgan fingerprint density at radius 1 is 1.42 bits per heavy atom. The van der Waals surface area contributed by atoms with Gasteiger partial charge in [0.2, 0.25) is 5.89 Å². The summed E-state index contributed by atoms with van der Waals surface area (Å²) in [4.78, 5) is 30.9. The first kappa shape index (κ1) is 21.1. The van der Waals surface area contributed by atoms with Crippen LogP contribution in [0, 0.1) is 12.8 Å². The topological polar surface area (TPSA) is 122 Å². The molecular formula is C21H27N7O3. The minimum atomic E-state index is -0.220. The number of aromatic nitrogens is 5. The summed E-state index contributed by atoms with van der Waals surface area (Å²) in [5.74, 6) is 1.10. The number of likely N-dealkylation sites (tertiary alicyclic amines) is 1. The van der Waals surface area contributed by atoms with Gasteiger partial charge in [-0.2, -0.15) is 4.98 Å². The standard InChI is InChI=1S/C21H27N7O3/c1-14-18(25-13-24-14)11-28-4-3-15(10-28)5-16-6-17(8-22-7-16)21(29)23-9-20-26-19(12-30-2)27-31-20/h6-8,13,15H,3-5,9-12H2,1-2H3,(H,23,29)(H,24,25). The summed E-state index contributed by atoms with van der Waals surface area (Å²) in [6.45, 7) is 5.42. The molecule has 1 aliphatic heterocycles. The number of nitrogens with zero attached hydrogens (tertiary/aromatic N) is 5. The lowest BCUT2D eigenvalue weighted by molar-refractivity contribution is 0.0945. The van der Waals surface area contributed by atoms with Crippen LogP contribution in [0.15, 0.2) is 29.3 Å². The van der Waals surface area contributed by atoms with Crippen LogP contribution < -0.4 is 5.32 Å². The molecule has 1 atom stereocenters. The molecule has 0 bridgehead atoms. The Balaban J connectivity index is 1.28. The number of imidazole rings is 1. The second-order valence-electron chi connectivity index (χ2n) is 7.87. The molecule has 164 valence electrons. The summed E-state index contributed by atoms with van der Waals surface area (Å²) in [6, 6.07) is 1.91. The van der Waals surface area contributed by atoms with Gasteiger partial charge in [-0.15, -0.1) is 0 Å². The summed E-state index contributed by atoms with van der Waals surface area (Å²) in [7, 11) is 1.56. The summed E-state index contributed by atoms with van der Waals surface area (Å²) in [6.07, 6.45) is 7.18. The number of rotatable bonds is 9. The monoisotopic (exact) mass is 425 g/mol. The van der Waals surface area contributed by atoms with Gasteiger partial charge in [0.25, 0.3) is 5.91 Å². The van der Waals surface area contributed by atoms with Crippen LogP contribution in [-0.4, -0.2) is 56.1 Å². The highest BCUT2D eigenvalue weighted by molar-refractivity contribution is 5.93. The number of aromatic amines is 1. The van der Waals surface area contributed by atoms with Gasteiger partial charge >= 0.3 is 0 Å². The molecule has 3 aromatic rings. The summed E-state index contributed by atoms with van der Waals surface area (Å²) in [5, 5.41) is 6.57. The third-order valence-corrected chi connectivity index (χ3v) is 5.44. The molecule has 3 aromatic heterocycles. The molecule has 1 aliphatic rings. The zero-order valence-corrected chi connectivity index (χ0v) is 17.8. The van der Waals surface area contributed by atoms with Crippen molar-refractivity contribution in [1.82, 2.24) is 35.3 Å². The van der Waals surface area contributed by atoms with E-state index in [-0.39, 0.29) is 19.1 Å². The molecule has 4 heterocycles. The Kier molecular flexibility index (Phi) is 6.68. The first-order valence-electron chi connectivity index (χ1n) is 10.3. The van der Waals surface area contributed by atoms with Gasteiger partial charge in [0.05, 0.1) is 24.1 Å². The first-order chi connectivity index (χ1) is 15.1.